The number of benzene rings is 1. The summed E-state index contributed by atoms with van der Waals surface area (Å²) in [6, 6.07) is 10.6. The van der Waals surface area contributed by atoms with Gasteiger partial charge in [-0.05, 0) is 30.7 Å². The molecule has 0 bridgehead atoms. The van der Waals surface area contributed by atoms with E-state index in [1.807, 2.05) is 6.07 Å². The maximum absolute atomic E-state index is 8.45. The van der Waals surface area contributed by atoms with Gasteiger partial charge in [-0.25, -0.2) is 0 Å². The molecule has 0 atom stereocenters. The smallest absolute Gasteiger partial charge is 0.0622 e. The largest absolute Gasteiger partial charge is 0.316 e. The molecular weight excluding hydrogens is 276 g/mol. The van der Waals surface area contributed by atoms with Crippen LogP contribution in [-0.4, -0.2) is 13.1 Å². The van der Waals surface area contributed by atoms with Crippen LogP contribution in [0.5, 0.6) is 0 Å². The third kappa shape index (κ3) is 4.89. The number of halogens is 1. The Morgan fingerprint density at radius 1 is 1.41 bits per heavy atom. The fourth-order valence-electron chi connectivity index (χ4n) is 1.70. The molecule has 0 unspecified atom stereocenters. The summed E-state index contributed by atoms with van der Waals surface area (Å²) < 4.78 is 1.12. The molecule has 0 spiro atoms. The number of nitriles is 1. The van der Waals surface area contributed by atoms with Crippen molar-refractivity contribution >= 4 is 15.9 Å². The first kappa shape index (κ1) is 14.2. The van der Waals surface area contributed by atoms with Crippen LogP contribution in [0.1, 0.15) is 32.3 Å². The van der Waals surface area contributed by atoms with E-state index in [-0.39, 0.29) is 5.41 Å². The Labute approximate surface area is 112 Å². The lowest BCUT2D eigenvalue weighted by Crippen LogP contribution is -2.33. The molecule has 0 saturated carbocycles. The minimum atomic E-state index is 0.108. The van der Waals surface area contributed by atoms with E-state index in [4.69, 9.17) is 5.26 Å². The van der Waals surface area contributed by atoms with Crippen LogP contribution in [0.25, 0.3) is 0 Å². The maximum Gasteiger partial charge on any atom is 0.0622 e. The zero-order chi connectivity index (χ0) is 12.7. The highest BCUT2D eigenvalue weighted by Gasteiger charge is 2.19. The summed E-state index contributed by atoms with van der Waals surface area (Å²) in [4.78, 5) is 0. The molecule has 1 aromatic carbocycles. The summed E-state index contributed by atoms with van der Waals surface area (Å²) in [5.74, 6) is 0. The Bertz CT molecular complexity index is 393. The lowest BCUT2D eigenvalue weighted by Gasteiger charge is -2.26. The maximum atomic E-state index is 8.45. The van der Waals surface area contributed by atoms with Crippen LogP contribution in [-0.2, 0) is 5.41 Å². The van der Waals surface area contributed by atoms with Crippen molar-refractivity contribution in [3.05, 3.63) is 34.3 Å². The number of hydrogen-bond acceptors (Lipinski definition) is 2. The molecule has 0 heterocycles. The van der Waals surface area contributed by atoms with Gasteiger partial charge in [-0.15, -0.1) is 0 Å². The quantitative estimate of drug-likeness (QED) is 0.814. The van der Waals surface area contributed by atoms with E-state index in [2.05, 4.69) is 59.4 Å². The molecule has 0 aliphatic carbocycles. The Morgan fingerprint density at radius 2 is 2.18 bits per heavy atom. The molecule has 0 saturated heterocycles. The Kier molecular flexibility index (Phi) is 5.67. The molecule has 0 fully saturated rings. The number of rotatable bonds is 6. The van der Waals surface area contributed by atoms with Crippen molar-refractivity contribution in [2.24, 2.45) is 0 Å². The van der Waals surface area contributed by atoms with Gasteiger partial charge in [-0.3, -0.25) is 0 Å². The van der Waals surface area contributed by atoms with Crippen molar-refractivity contribution in [1.82, 2.24) is 5.32 Å². The second-order valence-electron chi connectivity index (χ2n) is 4.83. The van der Waals surface area contributed by atoms with E-state index in [1.54, 1.807) is 0 Å². The predicted octanol–water partition coefficient (Wildman–Crippen LogP) is 3.62. The van der Waals surface area contributed by atoms with Crippen LogP contribution in [0.2, 0.25) is 0 Å². The summed E-state index contributed by atoms with van der Waals surface area (Å²) in [5.41, 5.74) is 1.43. The first-order chi connectivity index (χ1) is 8.06. The fourth-order valence-corrected chi connectivity index (χ4v) is 2.10. The van der Waals surface area contributed by atoms with Gasteiger partial charge in [0.25, 0.3) is 0 Å². The molecular formula is C14H19BrN2. The van der Waals surface area contributed by atoms with Gasteiger partial charge < -0.3 is 5.32 Å². The minimum Gasteiger partial charge on any atom is -0.316 e. The monoisotopic (exact) mass is 294 g/mol. The molecule has 17 heavy (non-hydrogen) atoms. The lowest BCUT2D eigenvalue weighted by atomic mass is 9.84. The molecule has 0 radical (unpaired) electrons. The van der Waals surface area contributed by atoms with E-state index in [1.165, 1.54) is 5.56 Å². The Hall–Kier alpha value is -0.850. The Morgan fingerprint density at radius 3 is 2.82 bits per heavy atom. The molecule has 0 amide bonds. The second-order valence-corrected chi connectivity index (χ2v) is 5.75. The molecule has 1 aromatic rings. The molecule has 0 aliphatic rings. The van der Waals surface area contributed by atoms with Gasteiger partial charge in [0.05, 0.1) is 6.07 Å². The standard InChI is InChI=1S/C14H19BrN2/c1-14(2,11-17-9-4-3-8-16)12-6-5-7-13(15)10-12/h5-7,10,17H,3-4,9,11H2,1-2H3. The molecule has 0 aromatic heterocycles. The third-order valence-corrected chi connectivity index (χ3v) is 3.31. The molecule has 92 valence electrons. The van der Waals surface area contributed by atoms with Crippen LogP contribution in [0.4, 0.5) is 0 Å². The van der Waals surface area contributed by atoms with Crippen molar-refractivity contribution in [3.8, 4) is 6.07 Å². The molecule has 1 N–H and O–H groups in total. The summed E-state index contributed by atoms with van der Waals surface area (Å²) >= 11 is 3.50. The summed E-state index contributed by atoms with van der Waals surface area (Å²) in [6.45, 7) is 6.29. The van der Waals surface area contributed by atoms with E-state index in [0.29, 0.717) is 6.42 Å². The average molecular weight is 295 g/mol. The van der Waals surface area contributed by atoms with E-state index in [0.717, 1.165) is 24.0 Å². The highest BCUT2D eigenvalue weighted by Crippen LogP contribution is 2.24. The molecule has 2 nitrogen and oxygen atoms in total. The number of nitrogens with zero attached hydrogens (tertiary/aromatic N) is 1. The van der Waals surface area contributed by atoms with E-state index in [9.17, 15) is 0 Å². The summed E-state index contributed by atoms with van der Waals surface area (Å²) in [5, 5.41) is 11.9. The molecule has 1 rings (SSSR count). The highest BCUT2D eigenvalue weighted by atomic mass is 79.9. The van der Waals surface area contributed by atoms with Gasteiger partial charge in [0.15, 0.2) is 0 Å². The molecule has 0 aliphatic heterocycles. The van der Waals surface area contributed by atoms with Crippen LogP contribution in [0.3, 0.4) is 0 Å². The van der Waals surface area contributed by atoms with Crippen molar-refractivity contribution in [2.45, 2.75) is 32.1 Å². The number of unbranched alkanes of at least 4 members (excludes halogenated alkanes) is 1. The number of nitrogens with one attached hydrogen (secondary N) is 1. The zero-order valence-corrected chi connectivity index (χ0v) is 12.0. The van der Waals surface area contributed by atoms with Crippen LogP contribution in [0, 0.1) is 11.3 Å². The van der Waals surface area contributed by atoms with Crippen molar-refractivity contribution in [2.75, 3.05) is 13.1 Å². The summed E-state index contributed by atoms with van der Waals surface area (Å²) in [6.07, 6.45) is 1.55. The predicted molar refractivity (Wildman–Crippen MR) is 74.9 cm³/mol. The SMILES string of the molecule is CC(C)(CNCCCC#N)c1cccc(Br)c1. The normalized spacial score (nSPS) is 11.2. The highest BCUT2D eigenvalue weighted by molar-refractivity contribution is 9.10. The van der Waals surface area contributed by atoms with Crippen LogP contribution < -0.4 is 5.32 Å². The number of hydrogen-bond donors (Lipinski definition) is 1. The first-order valence-corrected chi connectivity index (χ1v) is 6.69. The fraction of sp³-hybridized carbons (Fsp3) is 0.500. The van der Waals surface area contributed by atoms with Gasteiger partial charge in [-0.1, -0.05) is 41.9 Å². The van der Waals surface area contributed by atoms with Crippen molar-refractivity contribution < 1.29 is 0 Å². The minimum absolute atomic E-state index is 0.108. The van der Waals surface area contributed by atoms with Gasteiger partial charge in [0.1, 0.15) is 0 Å². The second kappa shape index (κ2) is 6.78. The topological polar surface area (TPSA) is 35.8 Å². The van der Waals surface area contributed by atoms with Gasteiger partial charge in [-0.2, -0.15) is 5.26 Å². The zero-order valence-electron chi connectivity index (χ0n) is 10.5. The lowest BCUT2D eigenvalue weighted by molar-refractivity contribution is 0.467. The van der Waals surface area contributed by atoms with Gasteiger partial charge in [0.2, 0.25) is 0 Å². The molecule has 3 heteroatoms. The van der Waals surface area contributed by atoms with E-state index >= 15 is 0 Å². The Balaban J connectivity index is 2.48. The van der Waals surface area contributed by atoms with Gasteiger partial charge in [0, 0.05) is 22.9 Å². The average Bonchev–Trinajstić information content (AvgIpc) is 2.29. The van der Waals surface area contributed by atoms with Gasteiger partial charge >= 0.3 is 0 Å². The van der Waals surface area contributed by atoms with E-state index < -0.39 is 0 Å². The summed E-state index contributed by atoms with van der Waals surface area (Å²) in [7, 11) is 0. The third-order valence-electron chi connectivity index (χ3n) is 2.82. The van der Waals surface area contributed by atoms with Crippen LogP contribution >= 0.6 is 15.9 Å². The van der Waals surface area contributed by atoms with Crippen molar-refractivity contribution in [1.29, 1.82) is 5.26 Å². The van der Waals surface area contributed by atoms with Crippen molar-refractivity contribution in [3.63, 3.8) is 0 Å². The first-order valence-electron chi connectivity index (χ1n) is 5.90. The van der Waals surface area contributed by atoms with Crippen LogP contribution in [0.15, 0.2) is 28.7 Å².